The molecule has 1 heterocycles. The molecule has 2 unspecified atom stereocenters. The number of amides is 2. The van der Waals surface area contributed by atoms with Gasteiger partial charge in [-0.3, -0.25) is 14.9 Å². The SMILES string of the molecule is C=CC(N)C1CCC(=O)NC1=O. The van der Waals surface area contributed by atoms with Gasteiger partial charge in [-0.1, -0.05) is 6.08 Å². The van der Waals surface area contributed by atoms with Crippen LogP contribution in [0.3, 0.4) is 0 Å². The molecule has 4 heteroatoms. The maximum atomic E-state index is 11.1. The van der Waals surface area contributed by atoms with E-state index in [1.807, 2.05) is 0 Å². The van der Waals surface area contributed by atoms with Crippen molar-refractivity contribution in [1.29, 1.82) is 0 Å². The third-order valence-electron chi connectivity index (χ3n) is 2.02. The van der Waals surface area contributed by atoms with Gasteiger partial charge in [0.15, 0.2) is 0 Å². The highest BCUT2D eigenvalue weighted by atomic mass is 16.2. The lowest BCUT2D eigenvalue weighted by Crippen LogP contribution is -2.47. The second kappa shape index (κ2) is 3.49. The first-order valence-corrected chi connectivity index (χ1v) is 3.87. The molecule has 0 radical (unpaired) electrons. The average Bonchev–Trinajstić information content (AvgIpc) is 2.03. The number of nitrogens with one attached hydrogen (secondary N) is 1. The lowest BCUT2D eigenvalue weighted by atomic mass is 9.91. The van der Waals surface area contributed by atoms with E-state index in [1.54, 1.807) is 0 Å². The van der Waals surface area contributed by atoms with E-state index in [0.717, 1.165) is 0 Å². The van der Waals surface area contributed by atoms with Crippen LogP contribution in [0, 0.1) is 5.92 Å². The molecule has 0 aromatic carbocycles. The van der Waals surface area contributed by atoms with Crippen LogP contribution in [0.1, 0.15) is 12.8 Å². The average molecular weight is 168 g/mol. The molecule has 1 aliphatic rings. The number of carbonyl (C=O) groups excluding carboxylic acids is 2. The quantitative estimate of drug-likeness (QED) is 0.433. The van der Waals surface area contributed by atoms with E-state index in [0.29, 0.717) is 12.8 Å². The second-order valence-corrected chi connectivity index (χ2v) is 2.87. The van der Waals surface area contributed by atoms with Gasteiger partial charge in [-0.15, -0.1) is 6.58 Å². The number of hydrogen-bond donors (Lipinski definition) is 2. The maximum absolute atomic E-state index is 11.1. The Morgan fingerprint density at radius 1 is 1.67 bits per heavy atom. The molecule has 2 atom stereocenters. The summed E-state index contributed by atoms with van der Waals surface area (Å²) in [5.74, 6) is -0.786. The van der Waals surface area contributed by atoms with E-state index in [-0.39, 0.29) is 23.8 Å². The van der Waals surface area contributed by atoms with Crippen LogP contribution < -0.4 is 11.1 Å². The summed E-state index contributed by atoms with van der Waals surface area (Å²) in [7, 11) is 0. The van der Waals surface area contributed by atoms with Gasteiger partial charge in [-0.05, 0) is 6.42 Å². The highest BCUT2D eigenvalue weighted by molar-refractivity contribution is 5.99. The van der Waals surface area contributed by atoms with Crippen molar-refractivity contribution in [1.82, 2.24) is 5.32 Å². The number of carbonyl (C=O) groups is 2. The van der Waals surface area contributed by atoms with Crippen LogP contribution in [0.4, 0.5) is 0 Å². The molecule has 1 fully saturated rings. The third kappa shape index (κ3) is 1.71. The largest absolute Gasteiger partial charge is 0.324 e. The van der Waals surface area contributed by atoms with Crippen LogP contribution in [0.2, 0.25) is 0 Å². The normalized spacial score (nSPS) is 26.2. The molecule has 0 saturated carbocycles. The van der Waals surface area contributed by atoms with Gasteiger partial charge in [0, 0.05) is 12.5 Å². The molecule has 4 nitrogen and oxygen atoms in total. The van der Waals surface area contributed by atoms with Gasteiger partial charge >= 0.3 is 0 Å². The third-order valence-corrected chi connectivity index (χ3v) is 2.02. The van der Waals surface area contributed by atoms with Gasteiger partial charge in [-0.2, -0.15) is 0 Å². The van der Waals surface area contributed by atoms with Gasteiger partial charge in [-0.25, -0.2) is 0 Å². The van der Waals surface area contributed by atoms with Crippen LogP contribution in [-0.4, -0.2) is 17.9 Å². The summed E-state index contributed by atoms with van der Waals surface area (Å²) in [6.07, 6.45) is 2.43. The van der Waals surface area contributed by atoms with Crippen molar-refractivity contribution in [2.24, 2.45) is 11.7 Å². The molecular weight excluding hydrogens is 156 g/mol. The van der Waals surface area contributed by atoms with E-state index in [1.165, 1.54) is 6.08 Å². The minimum absolute atomic E-state index is 0.215. The molecule has 0 aromatic heterocycles. The van der Waals surface area contributed by atoms with Crippen molar-refractivity contribution >= 4 is 11.8 Å². The smallest absolute Gasteiger partial charge is 0.231 e. The van der Waals surface area contributed by atoms with E-state index in [2.05, 4.69) is 11.9 Å². The maximum Gasteiger partial charge on any atom is 0.231 e. The standard InChI is InChI=1S/C8H12N2O2/c1-2-6(9)5-3-4-7(11)10-8(5)12/h2,5-6H,1,3-4,9H2,(H,10,11,12). The second-order valence-electron chi connectivity index (χ2n) is 2.87. The Kier molecular flexibility index (Phi) is 2.60. The highest BCUT2D eigenvalue weighted by Gasteiger charge is 2.29. The Hall–Kier alpha value is -1.16. The number of imide groups is 1. The molecule has 0 aromatic rings. The zero-order chi connectivity index (χ0) is 9.14. The summed E-state index contributed by atoms with van der Waals surface area (Å²) < 4.78 is 0. The monoisotopic (exact) mass is 168 g/mol. The Labute approximate surface area is 70.8 Å². The van der Waals surface area contributed by atoms with Crippen LogP contribution in [0.5, 0.6) is 0 Å². The minimum Gasteiger partial charge on any atom is -0.324 e. The number of rotatable bonds is 2. The Balaban J connectivity index is 2.62. The first-order chi connectivity index (χ1) is 5.65. The fourth-order valence-electron chi connectivity index (χ4n) is 1.24. The van der Waals surface area contributed by atoms with Crippen molar-refractivity contribution in [3.8, 4) is 0 Å². The van der Waals surface area contributed by atoms with E-state index in [9.17, 15) is 9.59 Å². The van der Waals surface area contributed by atoms with Gasteiger partial charge in [0.1, 0.15) is 0 Å². The summed E-state index contributed by atoms with van der Waals surface area (Å²) in [4.78, 5) is 21.9. The van der Waals surface area contributed by atoms with Crippen LogP contribution in [-0.2, 0) is 9.59 Å². The fraction of sp³-hybridized carbons (Fsp3) is 0.500. The molecule has 1 rings (SSSR count). The number of nitrogens with two attached hydrogens (primary N) is 1. The van der Waals surface area contributed by atoms with E-state index < -0.39 is 0 Å². The summed E-state index contributed by atoms with van der Waals surface area (Å²) >= 11 is 0. The molecule has 66 valence electrons. The molecule has 0 aliphatic carbocycles. The van der Waals surface area contributed by atoms with E-state index in [4.69, 9.17) is 5.73 Å². The molecular formula is C8H12N2O2. The molecule has 1 saturated heterocycles. The van der Waals surface area contributed by atoms with Gasteiger partial charge in [0.05, 0.1) is 5.92 Å². The predicted octanol–water partition coefficient (Wildman–Crippen LogP) is -0.448. The Bertz CT molecular complexity index is 225. The van der Waals surface area contributed by atoms with Crippen molar-refractivity contribution in [3.63, 3.8) is 0 Å². The summed E-state index contributed by atoms with van der Waals surface area (Å²) in [6, 6.07) is -0.349. The lowest BCUT2D eigenvalue weighted by molar-refractivity contribution is -0.136. The molecule has 2 amide bonds. The van der Waals surface area contributed by atoms with Gasteiger partial charge in [0.2, 0.25) is 11.8 Å². The molecule has 1 aliphatic heterocycles. The van der Waals surface area contributed by atoms with E-state index >= 15 is 0 Å². The van der Waals surface area contributed by atoms with Gasteiger partial charge in [0.25, 0.3) is 0 Å². The Morgan fingerprint density at radius 3 is 2.83 bits per heavy atom. The van der Waals surface area contributed by atoms with Crippen LogP contribution in [0.25, 0.3) is 0 Å². The van der Waals surface area contributed by atoms with Gasteiger partial charge < -0.3 is 5.73 Å². The zero-order valence-electron chi connectivity index (χ0n) is 6.75. The number of piperidine rings is 1. The topological polar surface area (TPSA) is 72.2 Å². The lowest BCUT2D eigenvalue weighted by Gasteiger charge is -2.23. The zero-order valence-corrected chi connectivity index (χ0v) is 6.75. The fourth-order valence-corrected chi connectivity index (χ4v) is 1.24. The van der Waals surface area contributed by atoms with Crippen molar-refractivity contribution < 1.29 is 9.59 Å². The van der Waals surface area contributed by atoms with Crippen molar-refractivity contribution in [2.45, 2.75) is 18.9 Å². The number of hydrogen-bond acceptors (Lipinski definition) is 3. The Morgan fingerprint density at radius 2 is 2.33 bits per heavy atom. The minimum atomic E-state index is -0.349. The molecule has 0 bridgehead atoms. The summed E-state index contributed by atoms with van der Waals surface area (Å²) in [6.45, 7) is 3.50. The van der Waals surface area contributed by atoms with Crippen LogP contribution in [0.15, 0.2) is 12.7 Å². The van der Waals surface area contributed by atoms with Crippen molar-refractivity contribution in [3.05, 3.63) is 12.7 Å². The molecule has 12 heavy (non-hydrogen) atoms. The summed E-state index contributed by atoms with van der Waals surface area (Å²) in [5.41, 5.74) is 5.59. The highest BCUT2D eigenvalue weighted by Crippen LogP contribution is 2.15. The van der Waals surface area contributed by atoms with Crippen LogP contribution >= 0.6 is 0 Å². The first-order valence-electron chi connectivity index (χ1n) is 3.87. The predicted molar refractivity (Wildman–Crippen MR) is 44.0 cm³/mol. The first kappa shape index (κ1) is 8.93. The summed E-state index contributed by atoms with van der Waals surface area (Å²) in [5, 5.41) is 2.24. The molecule has 0 spiro atoms. The molecule has 3 N–H and O–H groups in total. The van der Waals surface area contributed by atoms with Crippen molar-refractivity contribution in [2.75, 3.05) is 0 Å².